The Hall–Kier alpha value is -1.69. The number of nitrogens with two attached hydrogens (primary N) is 1. The second-order valence-corrected chi connectivity index (χ2v) is 4.51. The summed E-state index contributed by atoms with van der Waals surface area (Å²) in [4.78, 5) is 11.4. The van der Waals surface area contributed by atoms with Gasteiger partial charge in [0, 0.05) is 0 Å². The number of anilines is 1. The summed E-state index contributed by atoms with van der Waals surface area (Å²) in [6.07, 6.45) is 0. The molecule has 0 spiro atoms. The molecule has 90 valence electrons. The fourth-order valence-corrected chi connectivity index (χ4v) is 2.53. The molecule has 0 saturated heterocycles. The fourth-order valence-electron chi connectivity index (χ4n) is 1.58. The molecule has 0 atom stereocenters. The molecule has 6 heteroatoms. The third kappa shape index (κ3) is 2.36. The van der Waals surface area contributed by atoms with Gasteiger partial charge in [0.25, 0.3) is 0 Å². The summed E-state index contributed by atoms with van der Waals surface area (Å²) in [5.74, 6) is -0.671. The fraction of sp³-hybridized carbons (Fsp3) is 0.273. The standard InChI is InChI=1S/C11H11FN2O2S/c1-2-16-10(15)6-14-8-4-3-7(12)5-9(8)17-11(14)13/h3-5,13H,2,6H2,1H3/p+1. The molecule has 1 aromatic carbocycles. The Kier molecular flexibility index (Phi) is 3.23. The van der Waals surface area contributed by atoms with Crippen molar-refractivity contribution in [1.82, 2.24) is 0 Å². The Morgan fingerprint density at radius 1 is 1.59 bits per heavy atom. The molecular weight excluding hydrogens is 243 g/mol. The lowest BCUT2D eigenvalue weighted by atomic mass is 10.3. The van der Waals surface area contributed by atoms with Crippen molar-refractivity contribution in [3.05, 3.63) is 24.0 Å². The number of carbonyl (C=O) groups excluding carboxylic acids is 1. The quantitative estimate of drug-likeness (QED) is 0.667. The molecule has 0 saturated carbocycles. The first-order valence-corrected chi connectivity index (χ1v) is 5.96. The van der Waals surface area contributed by atoms with Crippen molar-refractivity contribution in [2.75, 3.05) is 12.3 Å². The van der Waals surface area contributed by atoms with E-state index in [1.165, 1.54) is 23.5 Å². The Balaban J connectivity index is 2.39. The number of halogens is 1. The van der Waals surface area contributed by atoms with Gasteiger partial charge in [-0.15, -0.1) is 0 Å². The van der Waals surface area contributed by atoms with Crippen LogP contribution in [0, 0.1) is 5.82 Å². The number of nitrogens with zero attached hydrogens (tertiary/aromatic N) is 1. The van der Waals surface area contributed by atoms with E-state index in [1.54, 1.807) is 17.6 Å². The van der Waals surface area contributed by atoms with E-state index in [9.17, 15) is 9.18 Å². The molecular formula is C11H12FN2O2S+. The van der Waals surface area contributed by atoms with Crippen LogP contribution < -0.4 is 10.3 Å². The van der Waals surface area contributed by atoms with Crippen molar-refractivity contribution in [2.45, 2.75) is 13.5 Å². The van der Waals surface area contributed by atoms with Crippen LogP contribution in [0.5, 0.6) is 0 Å². The van der Waals surface area contributed by atoms with Crippen LogP contribution in [-0.4, -0.2) is 12.6 Å². The second kappa shape index (κ2) is 4.67. The van der Waals surface area contributed by atoms with Crippen LogP contribution in [0.25, 0.3) is 10.2 Å². The number of rotatable bonds is 3. The van der Waals surface area contributed by atoms with E-state index >= 15 is 0 Å². The number of fused-ring (bicyclic) bond motifs is 1. The van der Waals surface area contributed by atoms with E-state index in [0.29, 0.717) is 16.4 Å². The zero-order valence-electron chi connectivity index (χ0n) is 9.27. The summed E-state index contributed by atoms with van der Waals surface area (Å²) in [5.41, 5.74) is 6.54. The lowest BCUT2D eigenvalue weighted by Gasteiger charge is -2.00. The van der Waals surface area contributed by atoms with Crippen molar-refractivity contribution in [1.29, 1.82) is 0 Å². The van der Waals surface area contributed by atoms with E-state index in [2.05, 4.69) is 0 Å². The summed E-state index contributed by atoms with van der Waals surface area (Å²) >= 11 is 1.25. The minimum atomic E-state index is -0.353. The zero-order valence-corrected chi connectivity index (χ0v) is 10.1. The Morgan fingerprint density at radius 3 is 3.06 bits per heavy atom. The number of carbonyl (C=O) groups is 1. The maximum absolute atomic E-state index is 13.0. The number of thiazole rings is 1. The summed E-state index contributed by atoms with van der Waals surface area (Å²) < 4.78 is 20.2. The monoisotopic (exact) mass is 255 g/mol. The summed E-state index contributed by atoms with van der Waals surface area (Å²) in [7, 11) is 0. The van der Waals surface area contributed by atoms with Crippen molar-refractivity contribution in [3.8, 4) is 0 Å². The first kappa shape index (κ1) is 11.8. The maximum atomic E-state index is 13.0. The molecule has 0 unspecified atom stereocenters. The minimum Gasteiger partial charge on any atom is -0.463 e. The van der Waals surface area contributed by atoms with Gasteiger partial charge in [-0.25, -0.2) is 13.8 Å². The normalized spacial score (nSPS) is 10.7. The number of hydrogen-bond donors (Lipinski definition) is 1. The van der Waals surface area contributed by atoms with Crippen LogP contribution in [0.2, 0.25) is 0 Å². The highest BCUT2D eigenvalue weighted by molar-refractivity contribution is 7.21. The first-order valence-electron chi connectivity index (χ1n) is 5.14. The number of aromatic nitrogens is 1. The third-order valence-corrected chi connectivity index (χ3v) is 3.26. The molecule has 0 bridgehead atoms. The number of esters is 1. The Morgan fingerprint density at radius 2 is 2.35 bits per heavy atom. The Labute approximate surface area is 101 Å². The van der Waals surface area contributed by atoms with Crippen molar-refractivity contribution < 1.29 is 18.5 Å². The lowest BCUT2D eigenvalue weighted by molar-refractivity contribution is -0.641. The SMILES string of the molecule is CCOC(=O)C[n+]1c(N)sc2cc(F)ccc21. The molecule has 2 rings (SSSR count). The predicted octanol–water partition coefficient (Wildman–Crippen LogP) is 1.47. The van der Waals surface area contributed by atoms with Gasteiger partial charge in [-0.05, 0) is 36.5 Å². The molecule has 0 aliphatic heterocycles. The molecule has 17 heavy (non-hydrogen) atoms. The highest BCUT2D eigenvalue weighted by atomic mass is 32.1. The van der Waals surface area contributed by atoms with Gasteiger partial charge in [-0.3, -0.25) is 5.73 Å². The summed E-state index contributed by atoms with van der Waals surface area (Å²) in [5, 5.41) is 0.457. The molecule has 4 nitrogen and oxygen atoms in total. The molecule has 0 aliphatic carbocycles. The number of benzene rings is 1. The van der Waals surface area contributed by atoms with Crippen molar-refractivity contribution >= 4 is 32.7 Å². The van der Waals surface area contributed by atoms with Crippen LogP contribution in [0.4, 0.5) is 9.52 Å². The third-order valence-electron chi connectivity index (χ3n) is 2.29. The van der Waals surface area contributed by atoms with E-state index < -0.39 is 0 Å². The average molecular weight is 255 g/mol. The van der Waals surface area contributed by atoms with Gasteiger partial charge in [-0.1, -0.05) is 0 Å². The van der Waals surface area contributed by atoms with Gasteiger partial charge in [0.2, 0.25) is 0 Å². The van der Waals surface area contributed by atoms with Gasteiger partial charge < -0.3 is 4.74 Å². The van der Waals surface area contributed by atoms with Crippen molar-refractivity contribution in [2.24, 2.45) is 0 Å². The van der Waals surface area contributed by atoms with Crippen LogP contribution in [0.15, 0.2) is 18.2 Å². The highest BCUT2D eigenvalue weighted by Crippen LogP contribution is 2.22. The average Bonchev–Trinajstić information content (AvgIpc) is 2.55. The molecule has 0 aliphatic rings. The number of ether oxygens (including phenoxy) is 1. The van der Waals surface area contributed by atoms with Crippen LogP contribution in [0.3, 0.4) is 0 Å². The molecule has 2 aromatic rings. The molecule has 2 N–H and O–H groups in total. The molecule has 0 amide bonds. The number of hydrogen-bond acceptors (Lipinski definition) is 4. The molecule has 0 fully saturated rings. The molecule has 1 aromatic heterocycles. The van der Waals surface area contributed by atoms with E-state index in [1.807, 2.05) is 0 Å². The van der Waals surface area contributed by atoms with Crippen LogP contribution in [-0.2, 0) is 16.1 Å². The van der Waals surface area contributed by atoms with E-state index in [-0.39, 0.29) is 18.3 Å². The molecule has 1 heterocycles. The van der Waals surface area contributed by atoms with Crippen LogP contribution in [0.1, 0.15) is 6.92 Å². The first-order chi connectivity index (χ1) is 8.11. The second-order valence-electron chi connectivity index (χ2n) is 3.44. The molecule has 0 radical (unpaired) electrons. The highest BCUT2D eigenvalue weighted by Gasteiger charge is 2.18. The van der Waals surface area contributed by atoms with E-state index in [0.717, 1.165) is 5.52 Å². The van der Waals surface area contributed by atoms with Gasteiger partial charge >= 0.3 is 11.1 Å². The number of nitrogen functional groups attached to an aromatic ring is 1. The maximum Gasteiger partial charge on any atom is 0.348 e. The summed E-state index contributed by atoms with van der Waals surface area (Å²) in [6, 6.07) is 4.35. The lowest BCUT2D eigenvalue weighted by Crippen LogP contribution is -2.39. The summed E-state index contributed by atoms with van der Waals surface area (Å²) in [6.45, 7) is 2.12. The largest absolute Gasteiger partial charge is 0.463 e. The topological polar surface area (TPSA) is 56.2 Å². The van der Waals surface area contributed by atoms with Gasteiger partial charge in [0.15, 0.2) is 6.54 Å². The zero-order chi connectivity index (χ0) is 12.4. The smallest absolute Gasteiger partial charge is 0.348 e. The van der Waals surface area contributed by atoms with Crippen LogP contribution >= 0.6 is 11.3 Å². The van der Waals surface area contributed by atoms with Gasteiger partial charge in [-0.2, -0.15) is 0 Å². The Bertz CT molecular complexity index is 568. The predicted molar refractivity (Wildman–Crippen MR) is 63.0 cm³/mol. The van der Waals surface area contributed by atoms with Crippen molar-refractivity contribution in [3.63, 3.8) is 0 Å². The minimum absolute atomic E-state index is 0.0469. The van der Waals surface area contributed by atoms with Gasteiger partial charge in [0.05, 0.1) is 11.3 Å². The van der Waals surface area contributed by atoms with Gasteiger partial charge in [0.1, 0.15) is 11.3 Å². The van der Waals surface area contributed by atoms with E-state index in [4.69, 9.17) is 10.5 Å².